The van der Waals surface area contributed by atoms with Crippen molar-refractivity contribution in [2.45, 2.75) is 45.6 Å². The zero-order valence-electron chi connectivity index (χ0n) is 13.0. The molecule has 0 bridgehead atoms. The van der Waals surface area contributed by atoms with Crippen LogP contribution in [0.2, 0.25) is 0 Å². The lowest BCUT2D eigenvalue weighted by Gasteiger charge is -2.11. The Morgan fingerprint density at radius 1 is 1.38 bits per heavy atom. The fraction of sp³-hybridized carbons (Fsp3) is 0.588. The van der Waals surface area contributed by atoms with Gasteiger partial charge in [-0.1, -0.05) is 13.8 Å². The van der Waals surface area contributed by atoms with Crippen molar-refractivity contribution in [2.24, 2.45) is 5.92 Å². The van der Waals surface area contributed by atoms with E-state index in [1.807, 2.05) is 24.3 Å². The Labute approximate surface area is 127 Å². The van der Waals surface area contributed by atoms with Crippen molar-refractivity contribution in [1.29, 1.82) is 0 Å². The maximum atomic E-state index is 11.9. The Balaban J connectivity index is 1.74. The highest BCUT2D eigenvalue weighted by atomic mass is 16.5. The molecule has 4 nitrogen and oxygen atoms in total. The van der Waals surface area contributed by atoms with Gasteiger partial charge in [0, 0.05) is 18.2 Å². The van der Waals surface area contributed by atoms with Crippen molar-refractivity contribution in [1.82, 2.24) is 5.32 Å². The van der Waals surface area contributed by atoms with E-state index >= 15 is 0 Å². The van der Waals surface area contributed by atoms with Gasteiger partial charge in [0.05, 0.1) is 6.61 Å². The highest BCUT2D eigenvalue weighted by Gasteiger charge is 2.17. The summed E-state index contributed by atoms with van der Waals surface area (Å²) in [5.74, 6) is 1.57. The van der Waals surface area contributed by atoms with E-state index in [0.29, 0.717) is 18.4 Å². The van der Waals surface area contributed by atoms with Gasteiger partial charge in [-0.25, -0.2) is 0 Å². The van der Waals surface area contributed by atoms with Gasteiger partial charge in [0.1, 0.15) is 5.75 Å². The molecule has 1 unspecified atom stereocenters. The highest BCUT2D eigenvalue weighted by molar-refractivity contribution is 5.91. The third-order valence-corrected chi connectivity index (χ3v) is 3.70. The first-order chi connectivity index (χ1) is 10.1. The molecule has 0 aromatic heterocycles. The van der Waals surface area contributed by atoms with Crippen LogP contribution in [0.5, 0.6) is 5.75 Å². The van der Waals surface area contributed by atoms with Gasteiger partial charge >= 0.3 is 0 Å². The van der Waals surface area contributed by atoms with Gasteiger partial charge in [-0.15, -0.1) is 0 Å². The first-order valence-corrected chi connectivity index (χ1v) is 7.89. The predicted octanol–water partition coefficient (Wildman–Crippen LogP) is 3.19. The molecule has 0 saturated carbocycles. The molecule has 1 heterocycles. The molecule has 4 heteroatoms. The molecule has 0 radical (unpaired) electrons. The van der Waals surface area contributed by atoms with Gasteiger partial charge in [-0.2, -0.15) is 0 Å². The SMILES string of the molecule is CC(C)CCOc1ccc(NC(=O)CC2CCCN2)cc1. The van der Waals surface area contributed by atoms with Crippen molar-refractivity contribution >= 4 is 11.6 Å². The van der Waals surface area contributed by atoms with E-state index in [9.17, 15) is 4.79 Å². The Kier molecular flexibility index (Phi) is 6.05. The van der Waals surface area contributed by atoms with E-state index in [2.05, 4.69) is 24.5 Å². The van der Waals surface area contributed by atoms with Crippen LogP contribution in [0.3, 0.4) is 0 Å². The molecule has 1 aromatic rings. The van der Waals surface area contributed by atoms with Gasteiger partial charge in [0.25, 0.3) is 0 Å². The molecule has 1 amide bonds. The Bertz CT molecular complexity index is 437. The summed E-state index contributed by atoms with van der Waals surface area (Å²) in [4.78, 5) is 11.9. The second kappa shape index (κ2) is 8.03. The second-order valence-corrected chi connectivity index (χ2v) is 6.10. The molecular weight excluding hydrogens is 264 g/mol. The summed E-state index contributed by atoms with van der Waals surface area (Å²) in [7, 11) is 0. The van der Waals surface area contributed by atoms with Crippen molar-refractivity contribution in [3.05, 3.63) is 24.3 Å². The monoisotopic (exact) mass is 290 g/mol. The number of ether oxygens (including phenoxy) is 1. The van der Waals surface area contributed by atoms with Crippen LogP contribution in [0.1, 0.15) is 39.5 Å². The molecule has 1 aliphatic heterocycles. The van der Waals surface area contributed by atoms with Crippen LogP contribution in [-0.2, 0) is 4.79 Å². The Morgan fingerprint density at radius 2 is 2.14 bits per heavy atom. The topological polar surface area (TPSA) is 50.4 Å². The van der Waals surface area contributed by atoms with Crippen molar-refractivity contribution < 1.29 is 9.53 Å². The summed E-state index contributed by atoms with van der Waals surface area (Å²) in [5.41, 5.74) is 0.828. The second-order valence-electron chi connectivity index (χ2n) is 6.10. The molecule has 1 atom stereocenters. The normalized spacial score (nSPS) is 18.0. The van der Waals surface area contributed by atoms with Crippen LogP contribution < -0.4 is 15.4 Å². The number of benzene rings is 1. The summed E-state index contributed by atoms with van der Waals surface area (Å²) in [5, 5.41) is 6.27. The van der Waals surface area contributed by atoms with Crippen LogP contribution in [0.25, 0.3) is 0 Å². The molecule has 21 heavy (non-hydrogen) atoms. The molecule has 116 valence electrons. The number of amides is 1. The van der Waals surface area contributed by atoms with Crippen LogP contribution >= 0.6 is 0 Å². The molecular formula is C17H26N2O2. The van der Waals surface area contributed by atoms with Crippen molar-refractivity contribution in [2.75, 3.05) is 18.5 Å². The average molecular weight is 290 g/mol. The van der Waals surface area contributed by atoms with Crippen LogP contribution in [-0.4, -0.2) is 25.1 Å². The summed E-state index contributed by atoms with van der Waals surface area (Å²) in [6, 6.07) is 7.94. The third kappa shape index (κ3) is 5.76. The zero-order valence-corrected chi connectivity index (χ0v) is 13.0. The quantitative estimate of drug-likeness (QED) is 0.811. The van der Waals surface area contributed by atoms with Crippen LogP contribution in [0.15, 0.2) is 24.3 Å². The summed E-state index contributed by atoms with van der Waals surface area (Å²) in [6.07, 6.45) is 3.86. The van der Waals surface area contributed by atoms with Crippen molar-refractivity contribution in [3.63, 3.8) is 0 Å². The van der Waals surface area contributed by atoms with E-state index in [4.69, 9.17) is 4.74 Å². The van der Waals surface area contributed by atoms with Crippen LogP contribution in [0.4, 0.5) is 5.69 Å². The first-order valence-electron chi connectivity index (χ1n) is 7.89. The fourth-order valence-electron chi connectivity index (χ4n) is 2.41. The molecule has 1 aromatic carbocycles. The fourth-order valence-corrected chi connectivity index (χ4v) is 2.41. The van der Waals surface area contributed by atoms with Gasteiger partial charge in [0.2, 0.25) is 5.91 Å². The minimum absolute atomic E-state index is 0.0721. The average Bonchev–Trinajstić information content (AvgIpc) is 2.93. The number of hydrogen-bond donors (Lipinski definition) is 2. The number of carbonyl (C=O) groups excluding carboxylic acids is 1. The number of hydrogen-bond acceptors (Lipinski definition) is 3. The maximum Gasteiger partial charge on any atom is 0.225 e. The molecule has 1 aliphatic rings. The number of nitrogens with one attached hydrogen (secondary N) is 2. The summed E-state index contributed by atoms with van der Waals surface area (Å²) >= 11 is 0. The van der Waals surface area contributed by atoms with E-state index in [0.717, 1.165) is 37.4 Å². The Hall–Kier alpha value is -1.55. The maximum absolute atomic E-state index is 11.9. The molecule has 1 fully saturated rings. The van der Waals surface area contributed by atoms with Crippen LogP contribution in [0, 0.1) is 5.92 Å². The van der Waals surface area contributed by atoms with Gasteiger partial charge in [0.15, 0.2) is 0 Å². The van der Waals surface area contributed by atoms with Gasteiger partial charge < -0.3 is 15.4 Å². The number of rotatable bonds is 7. The molecule has 0 spiro atoms. The van der Waals surface area contributed by atoms with E-state index in [1.165, 1.54) is 6.42 Å². The third-order valence-electron chi connectivity index (χ3n) is 3.70. The van der Waals surface area contributed by atoms with E-state index in [1.54, 1.807) is 0 Å². The first kappa shape index (κ1) is 15.8. The molecule has 0 aliphatic carbocycles. The predicted molar refractivity (Wildman–Crippen MR) is 85.7 cm³/mol. The van der Waals surface area contributed by atoms with Gasteiger partial charge in [-0.05, 0) is 56.0 Å². The minimum atomic E-state index is 0.0721. The standard InChI is InChI=1S/C17H26N2O2/c1-13(2)9-11-21-16-7-5-14(6-8-16)19-17(20)12-15-4-3-10-18-15/h5-8,13,15,18H,3-4,9-12H2,1-2H3,(H,19,20). The number of anilines is 1. The lowest BCUT2D eigenvalue weighted by molar-refractivity contribution is -0.116. The largest absolute Gasteiger partial charge is 0.494 e. The highest BCUT2D eigenvalue weighted by Crippen LogP contribution is 2.17. The van der Waals surface area contributed by atoms with E-state index in [-0.39, 0.29) is 5.91 Å². The Morgan fingerprint density at radius 3 is 2.76 bits per heavy atom. The summed E-state index contributed by atoms with van der Waals surface area (Å²) in [6.45, 7) is 6.12. The minimum Gasteiger partial charge on any atom is -0.494 e. The van der Waals surface area contributed by atoms with E-state index < -0.39 is 0 Å². The summed E-state index contributed by atoms with van der Waals surface area (Å²) < 4.78 is 5.66. The zero-order chi connectivity index (χ0) is 15.1. The van der Waals surface area contributed by atoms with Gasteiger partial charge in [-0.3, -0.25) is 4.79 Å². The molecule has 1 saturated heterocycles. The number of carbonyl (C=O) groups is 1. The molecule has 2 N–H and O–H groups in total. The smallest absolute Gasteiger partial charge is 0.225 e. The lowest BCUT2D eigenvalue weighted by Crippen LogP contribution is -2.27. The molecule has 2 rings (SSSR count). The lowest BCUT2D eigenvalue weighted by atomic mass is 10.1. The van der Waals surface area contributed by atoms with Crippen molar-refractivity contribution in [3.8, 4) is 5.75 Å².